The quantitative estimate of drug-likeness (QED) is 0.676. The van der Waals surface area contributed by atoms with Crippen molar-refractivity contribution in [3.63, 3.8) is 0 Å². The van der Waals surface area contributed by atoms with Crippen LogP contribution >= 0.6 is 11.6 Å². The van der Waals surface area contributed by atoms with Crippen LogP contribution in [0, 0.1) is 12.7 Å². The largest absolute Gasteiger partial charge is 0.207 e. The molecule has 0 atom stereocenters. The van der Waals surface area contributed by atoms with Gasteiger partial charge in [0.1, 0.15) is 5.82 Å². The van der Waals surface area contributed by atoms with Crippen molar-refractivity contribution in [2.45, 2.75) is 25.7 Å². The van der Waals surface area contributed by atoms with E-state index in [1.807, 2.05) is 25.1 Å². The molecule has 0 unspecified atom stereocenters. The highest BCUT2D eigenvalue weighted by Crippen LogP contribution is 2.41. The highest BCUT2D eigenvalue weighted by molar-refractivity contribution is 6.30. The van der Waals surface area contributed by atoms with Gasteiger partial charge in [0.05, 0.1) is 0 Å². The fraction of sp³-hybridized carbons (Fsp3) is 0.222. The lowest BCUT2D eigenvalue weighted by Gasteiger charge is -2.12. The molecule has 0 saturated heterocycles. The van der Waals surface area contributed by atoms with Crippen LogP contribution in [-0.2, 0) is 0 Å². The highest BCUT2D eigenvalue weighted by atomic mass is 35.5. The fourth-order valence-electron chi connectivity index (χ4n) is 2.51. The van der Waals surface area contributed by atoms with Crippen molar-refractivity contribution in [2.75, 3.05) is 0 Å². The average Bonchev–Trinajstić information content (AvgIpc) is 3.24. The molecule has 0 N–H and O–H groups in total. The predicted molar refractivity (Wildman–Crippen MR) is 82.7 cm³/mol. The zero-order chi connectivity index (χ0) is 14.3. The molecular formula is C18H16ClF. The predicted octanol–water partition coefficient (Wildman–Crippen LogP) is 5.73. The van der Waals surface area contributed by atoms with Crippen molar-refractivity contribution >= 4 is 17.2 Å². The third-order valence-electron chi connectivity index (χ3n) is 3.84. The summed E-state index contributed by atoms with van der Waals surface area (Å²) < 4.78 is 13.8. The third-order valence-corrected chi connectivity index (χ3v) is 4.08. The van der Waals surface area contributed by atoms with E-state index < -0.39 is 0 Å². The summed E-state index contributed by atoms with van der Waals surface area (Å²) in [5.74, 6) is 0.336. The third kappa shape index (κ3) is 2.64. The Morgan fingerprint density at radius 2 is 1.95 bits per heavy atom. The molecule has 2 heteroatoms. The molecule has 0 amide bonds. The summed E-state index contributed by atoms with van der Waals surface area (Å²) in [7, 11) is 0. The topological polar surface area (TPSA) is 0 Å². The molecule has 1 aliphatic carbocycles. The maximum Gasteiger partial charge on any atom is 0.124 e. The molecule has 2 aromatic carbocycles. The number of rotatable bonds is 3. The van der Waals surface area contributed by atoms with Gasteiger partial charge in [-0.05, 0) is 77.8 Å². The second-order valence-corrected chi connectivity index (χ2v) is 5.92. The van der Waals surface area contributed by atoms with Crippen LogP contribution in [0.2, 0.25) is 5.02 Å². The molecule has 0 spiro atoms. The normalized spacial score (nSPS) is 14.3. The van der Waals surface area contributed by atoms with Crippen LogP contribution < -0.4 is 0 Å². The molecule has 0 bridgehead atoms. The van der Waals surface area contributed by atoms with Crippen LogP contribution in [0.1, 0.15) is 41.0 Å². The van der Waals surface area contributed by atoms with E-state index in [0.717, 1.165) is 40.7 Å². The summed E-state index contributed by atoms with van der Waals surface area (Å²) in [6.45, 7) is 6.15. The summed E-state index contributed by atoms with van der Waals surface area (Å²) in [5.41, 5.74) is 4.82. The van der Waals surface area contributed by atoms with Gasteiger partial charge in [0, 0.05) is 5.02 Å². The van der Waals surface area contributed by atoms with Crippen molar-refractivity contribution in [3.8, 4) is 0 Å². The number of benzene rings is 2. The molecule has 102 valence electrons. The molecule has 1 saturated carbocycles. The summed E-state index contributed by atoms with van der Waals surface area (Å²) in [5, 5.41) is 0.672. The first-order chi connectivity index (χ1) is 9.54. The van der Waals surface area contributed by atoms with E-state index in [1.165, 1.54) is 0 Å². The number of hydrogen-bond donors (Lipinski definition) is 0. The van der Waals surface area contributed by atoms with Crippen LogP contribution in [-0.4, -0.2) is 0 Å². The first-order valence-corrected chi connectivity index (χ1v) is 7.18. The molecule has 20 heavy (non-hydrogen) atoms. The zero-order valence-electron chi connectivity index (χ0n) is 11.4. The van der Waals surface area contributed by atoms with Crippen LogP contribution in [0.4, 0.5) is 4.39 Å². The number of aryl methyl sites for hydroxylation is 1. The van der Waals surface area contributed by atoms with Gasteiger partial charge in [-0.2, -0.15) is 0 Å². The standard InChI is InChI=1S/C18H16ClF/c1-11-3-6-16(19)10-18(11)12(2)14-7-15(13-4-5-13)9-17(20)8-14/h3,6-10,13H,2,4-5H2,1H3. The molecule has 3 rings (SSSR count). The maximum atomic E-state index is 13.8. The Kier molecular flexibility index (Phi) is 3.39. The van der Waals surface area contributed by atoms with E-state index >= 15 is 0 Å². The van der Waals surface area contributed by atoms with Crippen molar-refractivity contribution in [1.82, 2.24) is 0 Å². The van der Waals surface area contributed by atoms with Gasteiger partial charge in [-0.3, -0.25) is 0 Å². The Bertz CT molecular complexity index is 684. The van der Waals surface area contributed by atoms with E-state index in [9.17, 15) is 4.39 Å². The summed E-state index contributed by atoms with van der Waals surface area (Å²) in [6, 6.07) is 11.0. The first-order valence-electron chi connectivity index (χ1n) is 6.81. The fourth-order valence-corrected chi connectivity index (χ4v) is 2.69. The molecule has 0 aromatic heterocycles. The zero-order valence-corrected chi connectivity index (χ0v) is 12.2. The van der Waals surface area contributed by atoms with Crippen LogP contribution in [0.25, 0.3) is 5.57 Å². The summed E-state index contributed by atoms with van der Waals surface area (Å²) in [6.07, 6.45) is 2.32. The Labute approximate surface area is 123 Å². The monoisotopic (exact) mass is 286 g/mol. The minimum absolute atomic E-state index is 0.190. The van der Waals surface area contributed by atoms with Gasteiger partial charge in [0.25, 0.3) is 0 Å². The van der Waals surface area contributed by atoms with Crippen LogP contribution in [0.15, 0.2) is 43.0 Å². The van der Waals surface area contributed by atoms with E-state index in [-0.39, 0.29) is 5.82 Å². The second kappa shape index (κ2) is 5.06. The lowest BCUT2D eigenvalue weighted by Crippen LogP contribution is -1.93. The maximum absolute atomic E-state index is 13.8. The van der Waals surface area contributed by atoms with Crippen molar-refractivity contribution in [1.29, 1.82) is 0 Å². The number of hydrogen-bond acceptors (Lipinski definition) is 0. The highest BCUT2D eigenvalue weighted by Gasteiger charge is 2.24. The van der Waals surface area contributed by atoms with E-state index in [4.69, 9.17) is 11.6 Å². The molecule has 0 nitrogen and oxygen atoms in total. The lowest BCUT2D eigenvalue weighted by molar-refractivity contribution is 0.625. The van der Waals surface area contributed by atoms with E-state index in [2.05, 4.69) is 12.6 Å². The molecule has 0 aliphatic heterocycles. The molecule has 2 aromatic rings. The van der Waals surface area contributed by atoms with E-state index in [0.29, 0.717) is 10.9 Å². The van der Waals surface area contributed by atoms with Crippen LogP contribution in [0.5, 0.6) is 0 Å². The Morgan fingerprint density at radius 1 is 1.20 bits per heavy atom. The summed E-state index contributed by atoms with van der Waals surface area (Å²) in [4.78, 5) is 0. The minimum atomic E-state index is -0.190. The number of halogens is 2. The smallest absolute Gasteiger partial charge is 0.124 e. The Morgan fingerprint density at radius 3 is 2.65 bits per heavy atom. The lowest BCUT2D eigenvalue weighted by atomic mass is 9.94. The van der Waals surface area contributed by atoms with Gasteiger partial charge in [0.2, 0.25) is 0 Å². The molecule has 0 radical (unpaired) electrons. The first kappa shape index (κ1) is 13.4. The SMILES string of the molecule is C=C(c1cc(F)cc(C2CC2)c1)c1cc(Cl)ccc1C. The van der Waals surface area contributed by atoms with Gasteiger partial charge in [-0.15, -0.1) is 0 Å². The molecular weight excluding hydrogens is 271 g/mol. The van der Waals surface area contributed by atoms with Gasteiger partial charge >= 0.3 is 0 Å². The average molecular weight is 287 g/mol. The van der Waals surface area contributed by atoms with Gasteiger partial charge in [-0.1, -0.05) is 30.3 Å². The molecule has 1 aliphatic rings. The molecule has 1 fully saturated rings. The van der Waals surface area contributed by atoms with Crippen molar-refractivity contribution in [2.24, 2.45) is 0 Å². The second-order valence-electron chi connectivity index (χ2n) is 5.49. The summed E-state index contributed by atoms with van der Waals surface area (Å²) >= 11 is 6.06. The van der Waals surface area contributed by atoms with Gasteiger partial charge < -0.3 is 0 Å². The Hall–Kier alpha value is -1.60. The van der Waals surface area contributed by atoms with E-state index in [1.54, 1.807) is 12.1 Å². The minimum Gasteiger partial charge on any atom is -0.207 e. The molecule has 0 heterocycles. The van der Waals surface area contributed by atoms with Crippen LogP contribution in [0.3, 0.4) is 0 Å². The van der Waals surface area contributed by atoms with Gasteiger partial charge in [-0.25, -0.2) is 4.39 Å². The Balaban J connectivity index is 2.03. The van der Waals surface area contributed by atoms with Gasteiger partial charge in [0.15, 0.2) is 0 Å². The van der Waals surface area contributed by atoms with Crippen molar-refractivity contribution < 1.29 is 4.39 Å². The van der Waals surface area contributed by atoms with Crippen molar-refractivity contribution in [3.05, 3.63) is 76.1 Å².